The number of nitro benzene ring substituents is 1. The van der Waals surface area contributed by atoms with Gasteiger partial charge in [0.25, 0.3) is 11.6 Å². The Morgan fingerprint density at radius 1 is 1.18 bits per heavy atom. The zero-order chi connectivity index (χ0) is 20.3. The average molecular weight is 382 g/mol. The van der Waals surface area contributed by atoms with Crippen molar-refractivity contribution in [2.24, 2.45) is 5.92 Å². The van der Waals surface area contributed by atoms with Crippen LogP contribution in [0.15, 0.2) is 36.5 Å². The Kier molecular flexibility index (Phi) is 5.67. The van der Waals surface area contributed by atoms with Crippen molar-refractivity contribution in [2.45, 2.75) is 26.7 Å². The normalized spacial score (nSPS) is 14.6. The molecule has 0 bridgehead atoms. The van der Waals surface area contributed by atoms with E-state index in [9.17, 15) is 19.7 Å². The number of likely N-dealkylation sites (tertiary alicyclic amines) is 1. The van der Waals surface area contributed by atoms with Gasteiger partial charge in [-0.1, -0.05) is 12.1 Å². The Hall–Kier alpha value is -3.29. The van der Waals surface area contributed by atoms with Gasteiger partial charge in [-0.2, -0.15) is 0 Å². The highest BCUT2D eigenvalue weighted by Crippen LogP contribution is 2.25. The van der Waals surface area contributed by atoms with Crippen molar-refractivity contribution in [1.82, 2.24) is 9.88 Å². The van der Waals surface area contributed by atoms with Crippen molar-refractivity contribution in [3.05, 3.63) is 63.3 Å². The fraction of sp³-hybridized carbons (Fsp3) is 0.350. The maximum atomic E-state index is 12.8. The number of piperidine rings is 1. The molecule has 1 aromatic carbocycles. The Labute approximate surface area is 162 Å². The molecule has 0 aliphatic carbocycles. The zero-order valence-electron chi connectivity index (χ0n) is 15.8. The minimum atomic E-state index is -0.484. The Morgan fingerprint density at radius 2 is 1.89 bits per heavy atom. The summed E-state index contributed by atoms with van der Waals surface area (Å²) < 4.78 is 0. The molecule has 28 heavy (non-hydrogen) atoms. The quantitative estimate of drug-likeness (QED) is 0.646. The van der Waals surface area contributed by atoms with Gasteiger partial charge in [0.2, 0.25) is 5.91 Å². The summed E-state index contributed by atoms with van der Waals surface area (Å²) in [6.45, 7) is 4.37. The lowest BCUT2D eigenvalue weighted by Crippen LogP contribution is -2.41. The van der Waals surface area contributed by atoms with E-state index in [-0.39, 0.29) is 23.4 Å². The van der Waals surface area contributed by atoms with Crippen LogP contribution in [0.25, 0.3) is 0 Å². The van der Waals surface area contributed by atoms with E-state index in [1.54, 1.807) is 30.2 Å². The number of aromatic nitrogens is 1. The van der Waals surface area contributed by atoms with E-state index in [2.05, 4.69) is 10.3 Å². The van der Waals surface area contributed by atoms with Gasteiger partial charge in [0.05, 0.1) is 4.92 Å². The number of nitrogens with one attached hydrogen (secondary N) is 1. The first-order valence-corrected chi connectivity index (χ1v) is 9.13. The lowest BCUT2D eigenvalue weighted by molar-refractivity contribution is -0.385. The van der Waals surface area contributed by atoms with Crippen molar-refractivity contribution in [1.29, 1.82) is 0 Å². The van der Waals surface area contributed by atoms with Crippen LogP contribution in [0, 0.1) is 29.9 Å². The number of nitrogens with zero attached hydrogens (tertiary/aromatic N) is 3. The fourth-order valence-corrected chi connectivity index (χ4v) is 3.34. The predicted octanol–water partition coefficient (Wildman–Crippen LogP) is 3.10. The van der Waals surface area contributed by atoms with Gasteiger partial charge >= 0.3 is 0 Å². The third-order valence-corrected chi connectivity index (χ3v) is 5.05. The van der Waals surface area contributed by atoms with Gasteiger partial charge in [-0.3, -0.25) is 19.7 Å². The minimum Gasteiger partial charge on any atom is -0.339 e. The molecule has 0 radical (unpaired) electrons. The van der Waals surface area contributed by atoms with Crippen LogP contribution in [0.4, 0.5) is 11.5 Å². The molecule has 1 aromatic heterocycles. The monoisotopic (exact) mass is 382 g/mol. The summed E-state index contributed by atoms with van der Waals surface area (Å²) in [7, 11) is 0. The Balaban J connectivity index is 1.61. The van der Waals surface area contributed by atoms with Gasteiger partial charge in [-0.05, 0) is 44.4 Å². The van der Waals surface area contributed by atoms with Gasteiger partial charge in [0, 0.05) is 42.4 Å². The summed E-state index contributed by atoms with van der Waals surface area (Å²) in [6.07, 6.45) is 2.77. The van der Waals surface area contributed by atoms with E-state index in [4.69, 9.17) is 0 Å². The molecule has 1 fully saturated rings. The largest absolute Gasteiger partial charge is 0.339 e. The van der Waals surface area contributed by atoms with Crippen molar-refractivity contribution in [2.75, 3.05) is 18.4 Å². The lowest BCUT2D eigenvalue weighted by Gasteiger charge is -2.31. The molecule has 0 atom stereocenters. The maximum Gasteiger partial charge on any atom is 0.273 e. The molecule has 1 N–H and O–H groups in total. The lowest BCUT2D eigenvalue weighted by atomic mass is 9.95. The topological polar surface area (TPSA) is 105 Å². The number of rotatable bonds is 4. The third-order valence-electron chi connectivity index (χ3n) is 5.05. The van der Waals surface area contributed by atoms with E-state index in [0.29, 0.717) is 42.9 Å². The first kappa shape index (κ1) is 19.5. The number of anilines is 1. The Morgan fingerprint density at radius 3 is 2.50 bits per heavy atom. The van der Waals surface area contributed by atoms with E-state index in [1.807, 2.05) is 13.0 Å². The summed E-state index contributed by atoms with van der Waals surface area (Å²) in [5.74, 6) is -0.0186. The molecule has 146 valence electrons. The molecule has 8 nitrogen and oxygen atoms in total. The van der Waals surface area contributed by atoms with Gasteiger partial charge in [0.15, 0.2) is 0 Å². The van der Waals surface area contributed by atoms with Gasteiger partial charge in [0.1, 0.15) is 5.82 Å². The number of pyridine rings is 1. The number of amides is 2. The summed E-state index contributed by atoms with van der Waals surface area (Å²) in [5, 5.41) is 13.9. The summed E-state index contributed by atoms with van der Waals surface area (Å²) >= 11 is 0. The number of carbonyl (C=O) groups excluding carboxylic acids is 2. The highest BCUT2D eigenvalue weighted by Gasteiger charge is 2.29. The molecule has 1 aliphatic rings. The van der Waals surface area contributed by atoms with E-state index < -0.39 is 4.92 Å². The summed E-state index contributed by atoms with van der Waals surface area (Å²) in [4.78, 5) is 41.7. The van der Waals surface area contributed by atoms with Gasteiger partial charge in [-0.15, -0.1) is 0 Å². The van der Waals surface area contributed by atoms with Crippen LogP contribution in [0.5, 0.6) is 0 Å². The SMILES string of the molecule is Cc1ccc(NC(=O)C2CCN(C(=O)c3cccc([N+](=O)[O-])c3C)CC2)nc1. The highest BCUT2D eigenvalue weighted by molar-refractivity contribution is 5.97. The van der Waals surface area contributed by atoms with Crippen LogP contribution < -0.4 is 5.32 Å². The van der Waals surface area contributed by atoms with Crippen LogP contribution in [-0.4, -0.2) is 39.7 Å². The molecule has 1 saturated heterocycles. The summed E-state index contributed by atoms with van der Waals surface area (Å²) in [5.41, 5.74) is 1.65. The number of benzene rings is 1. The molecule has 8 heteroatoms. The number of hydrogen-bond donors (Lipinski definition) is 1. The predicted molar refractivity (Wildman–Crippen MR) is 104 cm³/mol. The van der Waals surface area contributed by atoms with Crippen molar-refractivity contribution < 1.29 is 14.5 Å². The highest BCUT2D eigenvalue weighted by atomic mass is 16.6. The molecule has 0 saturated carbocycles. The first-order chi connectivity index (χ1) is 13.4. The van der Waals surface area contributed by atoms with Crippen LogP contribution in [0.2, 0.25) is 0 Å². The molecule has 2 heterocycles. The molecule has 3 rings (SSSR count). The van der Waals surface area contributed by atoms with Crippen molar-refractivity contribution in [3.8, 4) is 0 Å². The average Bonchev–Trinajstić information content (AvgIpc) is 2.69. The van der Waals surface area contributed by atoms with Crippen molar-refractivity contribution >= 4 is 23.3 Å². The molecular weight excluding hydrogens is 360 g/mol. The molecular formula is C20H22N4O4. The molecule has 0 unspecified atom stereocenters. The second-order valence-corrected chi connectivity index (χ2v) is 6.98. The molecule has 0 spiro atoms. The number of carbonyl (C=O) groups is 2. The second-order valence-electron chi connectivity index (χ2n) is 6.98. The molecule has 2 aromatic rings. The third kappa shape index (κ3) is 4.16. The number of hydrogen-bond acceptors (Lipinski definition) is 5. The Bertz CT molecular complexity index is 903. The van der Waals surface area contributed by atoms with Crippen molar-refractivity contribution in [3.63, 3.8) is 0 Å². The van der Waals surface area contributed by atoms with Gasteiger partial charge in [-0.25, -0.2) is 4.98 Å². The van der Waals surface area contributed by atoms with E-state index in [0.717, 1.165) is 5.56 Å². The fourth-order valence-electron chi connectivity index (χ4n) is 3.34. The maximum absolute atomic E-state index is 12.8. The minimum absolute atomic E-state index is 0.0642. The van der Waals surface area contributed by atoms with Crippen LogP contribution in [0.3, 0.4) is 0 Å². The van der Waals surface area contributed by atoms with Crippen LogP contribution in [-0.2, 0) is 4.79 Å². The van der Waals surface area contributed by atoms with Crippen LogP contribution >= 0.6 is 0 Å². The number of nitro groups is 1. The first-order valence-electron chi connectivity index (χ1n) is 9.13. The molecule has 2 amide bonds. The van der Waals surface area contributed by atoms with E-state index >= 15 is 0 Å². The molecule has 1 aliphatic heterocycles. The smallest absolute Gasteiger partial charge is 0.273 e. The standard InChI is InChI=1S/C20H22N4O4/c1-13-6-7-18(21-12-13)22-19(25)15-8-10-23(11-9-15)20(26)16-4-3-5-17(14(16)2)24(27)28/h3-7,12,15H,8-11H2,1-2H3,(H,21,22,25). The zero-order valence-corrected chi connectivity index (χ0v) is 15.8. The summed E-state index contributed by atoms with van der Waals surface area (Å²) in [6, 6.07) is 8.16. The van der Waals surface area contributed by atoms with E-state index in [1.165, 1.54) is 12.1 Å². The van der Waals surface area contributed by atoms with Gasteiger partial charge < -0.3 is 10.2 Å². The number of aryl methyl sites for hydroxylation is 1. The van der Waals surface area contributed by atoms with Crippen LogP contribution in [0.1, 0.15) is 34.3 Å². The second kappa shape index (κ2) is 8.16.